The number of nitrogens with one attached hydrogen (secondary N) is 2. The van der Waals surface area contributed by atoms with Crippen molar-refractivity contribution >= 4 is 21.6 Å². The van der Waals surface area contributed by atoms with Crippen LogP contribution in [0.2, 0.25) is 5.02 Å². The molecule has 1 rings (SSSR count). The summed E-state index contributed by atoms with van der Waals surface area (Å²) in [5, 5.41) is 3.25. The Morgan fingerprint density at radius 3 is 2.62 bits per heavy atom. The molecule has 1 atom stereocenters. The van der Waals surface area contributed by atoms with Gasteiger partial charge < -0.3 is 5.32 Å². The van der Waals surface area contributed by atoms with Gasteiger partial charge in [0.15, 0.2) is 0 Å². The predicted octanol–water partition coefficient (Wildman–Crippen LogP) is 3.31. The van der Waals surface area contributed by atoms with Gasteiger partial charge in [-0.1, -0.05) is 43.9 Å². The van der Waals surface area contributed by atoms with Gasteiger partial charge >= 0.3 is 0 Å². The van der Waals surface area contributed by atoms with Gasteiger partial charge in [0.1, 0.15) is 4.90 Å². The predicted molar refractivity (Wildman–Crippen MR) is 88.1 cm³/mol. The molecule has 0 aliphatic carbocycles. The van der Waals surface area contributed by atoms with E-state index in [2.05, 4.69) is 17.0 Å². The Morgan fingerprint density at radius 2 is 2.00 bits per heavy atom. The van der Waals surface area contributed by atoms with E-state index in [1.54, 1.807) is 12.1 Å². The van der Waals surface area contributed by atoms with E-state index in [1.807, 2.05) is 20.0 Å². The smallest absolute Gasteiger partial charge is 0.242 e. The normalized spacial score (nSPS) is 13.3. The quantitative estimate of drug-likeness (QED) is 0.682. The van der Waals surface area contributed by atoms with Crippen molar-refractivity contribution in [2.24, 2.45) is 0 Å². The molecule has 1 aromatic rings. The van der Waals surface area contributed by atoms with E-state index in [4.69, 9.17) is 11.6 Å². The second kappa shape index (κ2) is 8.73. The Labute approximate surface area is 133 Å². The summed E-state index contributed by atoms with van der Waals surface area (Å²) in [6, 6.07) is 4.98. The Morgan fingerprint density at radius 1 is 1.29 bits per heavy atom. The van der Waals surface area contributed by atoms with E-state index in [0.29, 0.717) is 6.54 Å². The first kappa shape index (κ1) is 18.4. The molecule has 0 aliphatic heterocycles. The van der Waals surface area contributed by atoms with Crippen LogP contribution in [0.15, 0.2) is 23.1 Å². The van der Waals surface area contributed by atoms with E-state index in [-0.39, 0.29) is 16.0 Å². The molecule has 0 saturated carbocycles. The monoisotopic (exact) mass is 332 g/mol. The highest BCUT2D eigenvalue weighted by Gasteiger charge is 2.20. The van der Waals surface area contributed by atoms with Gasteiger partial charge in [-0.3, -0.25) is 0 Å². The van der Waals surface area contributed by atoms with E-state index < -0.39 is 10.0 Å². The number of benzene rings is 1. The van der Waals surface area contributed by atoms with Gasteiger partial charge in [-0.15, -0.1) is 0 Å². The average Bonchev–Trinajstić information content (AvgIpc) is 2.41. The lowest BCUT2D eigenvalue weighted by atomic mass is 10.1. The van der Waals surface area contributed by atoms with Crippen LogP contribution < -0.4 is 10.0 Å². The lowest BCUT2D eigenvalue weighted by molar-refractivity contribution is 0.527. The van der Waals surface area contributed by atoms with E-state index in [1.165, 1.54) is 0 Å². The highest BCUT2D eigenvalue weighted by atomic mass is 35.5. The van der Waals surface area contributed by atoms with Crippen LogP contribution in [0.1, 0.15) is 45.1 Å². The summed E-state index contributed by atoms with van der Waals surface area (Å²) >= 11 is 6.05. The zero-order valence-corrected chi connectivity index (χ0v) is 14.5. The summed E-state index contributed by atoms with van der Waals surface area (Å²) < 4.78 is 27.6. The first-order valence-electron chi connectivity index (χ1n) is 7.36. The third kappa shape index (κ3) is 5.94. The fourth-order valence-corrected chi connectivity index (χ4v) is 3.98. The van der Waals surface area contributed by atoms with Crippen molar-refractivity contribution in [1.29, 1.82) is 0 Å². The van der Waals surface area contributed by atoms with Crippen LogP contribution in [0.25, 0.3) is 0 Å². The lowest BCUT2D eigenvalue weighted by Crippen LogP contribution is -2.32. The molecule has 0 saturated heterocycles. The fraction of sp³-hybridized carbons (Fsp3) is 0.600. The largest absolute Gasteiger partial charge is 0.316 e. The maximum absolute atomic E-state index is 12.4. The third-order valence-electron chi connectivity index (χ3n) is 3.26. The zero-order valence-electron chi connectivity index (χ0n) is 12.9. The first-order valence-corrected chi connectivity index (χ1v) is 9.22. The van der Waals surface area contributed by atoms with Gasteiger partial charge in [0.05, 0.1) is 5.02 Å². The molecular formula is C15H25ClN2O2S. The van der Waals surface area contributed by atoms with Crippen LogP contribution in [-0.4, -0.2) is 21.5 Å². The maximum atomic E-state index is 12.4. The number of hydrogen-bond acceptors (Lipinski definition) is 3. The SMILES string of the molecule is CCCCCC(C)NS(=O)(=O)c1cc(CNC)ccc1Cl. The summed E-state index contributed by atoms with van der Waals surface area (Å²) in [6.07, 6.45) is 4.09. The van der Waals surface area contributed by atoms with Crippen molar-refractivity contribution in [2.45, 2.75) is 57.0 Å². The van der Waals surface area contributed by atoms with Crippen molar-refractivity contribution in [3.63, 3.8) is 0 Å². The van der Waals surface area contributed by atoms with Crippen LogP contribution in [0.5, 0.6) is 0 Å². The van der Waals surface area contributed by atoms with Crippen molar-refractivity contribution in [2.75, 3.05) is 7.05 Å². The number of rotatable bonds is 9. The minimum absolute atomic E-state index is 0.0921. The maximum Gasteiger partial charge on any atom is 0.242 e. The average molecular weight is 333 g/mol. The van der Waals surface area contributed by atoms with Crippen molar-refractivity contribution in [3.8, 4) is 0 Å². The van der Waals surface area contributed by atoms with Gasteiger partial charge in [0.2, 0.25) is 10.0 Å². The molecule has 1 aromatic carbocycles. The first-order chi connectivity index (χ1) is 9.90. The number of hydrogen-bond donors (Lipinski definition) is 2. The second-order valence-corrected chi connectivity index (χ2v) is 7.40. The van der Waals surface area contributed by atoms with Crippen LogP contribution in [0.4, 0.5) is 0 Å². The standard InChI is InChI=1S/C15H25ClN2O2S/c1-4-5-6-7-12(2)18-21(19,20)15-10-13(11-17-3)8-9-14(15)16/h8-10,12,17-18H,4-7,11H2,1-3H3. The van der Waals surface area contributed by atoms with Crippen LogP contribution in [-0.2, 0) is 16.6 Å². The number of halogens is 1. The highest BCUT2D eigenvalue weighted by Crippen LogP contribution is 2.23. The molecule has 0 amide bonds. The second-order valence-electron chi connectivity index (χ2n) is 5.31. The van der Waals surface area contributed by atoms with Gasteiger partial charge in [-0.2, -0.15) is 0 Å². The summed E-state index contributed by atoms with van der Waals surface area (Å²) in [7, 11) is -1.76. The molecule has 0 bridgehead atoms. The molecule has 120 valence electrons. The molecule has 4 nitrogen and oxygen atoms in total. The van der Waals surface area contributed by atoms with Crippen molar-refractivity contribution < 1.29 is 8.42 Å². The molecule has 6 heteroatoms. The van der Waals surface area contributed by atoms with Gasteiger partial charge in [0.25, 0.3) is 0 Å². The molecule has 0 aromatic heterocycles. The Kier molecular flexibility index (Phi) is 7.66. The third-order valence-corrected chi connectivity index (χ3v) is 5.33. The van der Waals surface area contributed by atoms with Gasteiger partial charge in [0, 0.05) is 12.6 Å². The molecule has 2 N–H and O–H groups in total. The van der Waals surface area contributed by atoms with E-state index >= 15 is 0 Å². The molecular weight excluding hydrogens is 308 g/mol. The Hall–Kier alpha value is -0.620. The van der Waals surface area contributed by atoms with Crippen LogP contribution in [0.3, 0.4) is 0 Å². The van der Waals surface area contributed by atoms with Gasteiger partial charge in [-0.05, 0) is 38.1 Å². The molecule has 1 unspecified atom stereocenters. The molecule has 0 heterocycles. The molecule has 0 aliphatic rings. The molecule has 21 heavy (non-hydrogen) atoms. The summed E-state index contributed by atoms with van der Waals surface area (Å²) in [6.45, 7) is 4.62. The van der Waals surface area contributed by atoms with E-state index in [9.17, 15) is 8.42 Å². The summed E-state index contributed by atoms with van der Waals surface area (Å²) in [5.74, 6) is 0. The highest BCUT2D eigenvalue weighted by molar-refractivity contribution is 7.89. The Balaban J connectivity index is 2.84. The zero-order chi connectivity index (χ0) is 15.9. The van der Waals surface area contributed by atoms with Crippen LogP contribution in [0, 0.1) is 0 Å². The number of unbranched alkanes of at least 4 members (excludes halogenated alkanes) is 2. The summed E-state index contributed by atoms with van der Waals surface area (Å²) in [4.78, 5) is 0.152. The Bertz CT molecular complexity index is 547. The van der Waals surface area contributed by atoms with Crippen molar-refractivity contribution in [1.82, 2.24) is 10.0 Å². The minimum Gasteiger partial charge on any atom is -0.316 e. The van der Waals surface area contributed by atoms with Gasteiger partial charge in [-0.25, -0.2) is 13.1 Å². The molecule has 0 radical (unpaired) electrons. The minimum atomic E-state index is -3.58. The number of sulfonamides is 1. The fourth-order valence-electron chi connectivity index (χ4n) is 2.16. The molecule has 0 fully saturated rings. The van der Waals surface area contributed by atoms with Crippen molar-refractivity contribution in [3.05, 3.63) is 28.8 Å². The lowest BCUT2D eigenvalue weighted by Gasteiger charge is -2.15. The molecule has 0 spiro atoms. The summed E-state index contributed by atoms with van der Waals surface area (Å²) in [5.41, 5.74) is 0.890. The topological polar surface area (TPSA) is 58.2 Å². The van der Waals surface area contributed by atoms with E-state index in [0.717, 1.165) is 31.2 Å². The van der Waals surface area contributed by atoms with Crippen LogP contribution >= 0.6 is 11.6 Å².